The van der Waals surface area contributed by atoms with Crippen molar-refractivity contribution in [3.63, 3.8) is 0 Å². The molecule has 1 heterocycles. The highest BCUT2D eigenvalue weighted by molar-refractivity contribution is 4.77. The molecule has 0 bridgehead atoms. The Morgan fingerprint density at radius 3 is 3.07 bits per heavy atom. The average molecular weight is 201 g/mol. The van der Waals surface area contributed by atoms with Gasteiger partial charge in [-0.1, -0.05) is 13.3 Å². The van der Waals surface area contributed by atoms with Crippen LogP contribution in [-0.4, -0.2) is 39.5 Å². The van der Waals surface area contributed by atoms with E-state index in [1.54, 1.807) is 7.11 Å². The van der Waals surface area contributed by atoms with Crippen molar-refractivity contribution in [1.82, 2.24) is 5.32 Å². The monoisotopic (exact) mass is 201 g/mol. The largest absolute Gasteiger partial charge is 0.383 e. The highest BCUT2D eigenvalue weighted by Crippen LogP contribution is 2.23. The SMILES string of the molecule is CCCC1OCCC1CNCCOC. The quantitative estimate of drug-likeness (QED) is 0.632. The summed E-state index contributed by atoms with van der Waals surface area (Å²) >= 11 is 0. The summed E-state index contributed by atoms with van der Waals surface area (Å²) < 4.78 is 10.7. The second-order valence-electron chi connectivity index (χ2n) is 3.94. The molecule has 0 aromatic rings. The summed E-state index contributed by atoms with van der Waals surface area (Å²) in [5, 5.41) is 3.41. The number of nitrogens with one attached hydrogen (secondary N) is 1. The summed E-state index contributed by atoms with van der Waals surface area (Å²) in [5.74, 6) is 0.715. The molecule has 14 heavy (non-hydrogen) atoms. The first-order valence-corrected chi connectivity index (χ1v) is 5.69. The van der Waals surface area contributed by atoms with E-state index in [1.165, 1.54) is 19.3 Å². The van der Waals surface area contributed by atoms with E-state index >= 15 is 0 Å². The maximum atomic E-state index is 5.69. The molecule has 1 saturated heterocycles. The van der Waals surface area contributed by atoms with Gasteiger partial charge < -0.3 is 14.8 Å². The Kier molecular flexibility index (Phi) is 6.15. The molecule has 0 amide bonds. The van der Waals surface area contributed by atoms with Crippen LogP contribution in [-0.2, 0) is 9.47 Å². The Hall–Kier alpha value is -0.120. The Bertz CT molecular complexity index is 141. The fourth-order valence-corrected chi connectivity index (χ4v) is 1.99. The van der Waals surface area contributed by atoms with Crippen molar-refractivity contribution < 1.29 is 9.47 Å². The lowest BCUT2D eigenvalue weighted by molar-refractivity contribution is 0.0820. The molecule has 0 spiro atoms. The molecule has 0 aromatic heterocycles. The summed E-state index contributed by atoms with van der Waals surface area (Å²) in [6, 6.07) is 0. The number of rotatable bonds is 7. The minimum atomic E-state index is 0.495. The molecule has 1 aliphatic rings. The Morgan fingerprint density at radius 2 is 2.36 bits per heavy atom. The van der Waals surface area contributed by atoms with E-state index in [0.717, 1.165) is 26.3 Å². The average Bonchev–Trinajstić information content (AvgIpc) is 2.61. The van der Waals surface area contributed by atoms with Gasteiger partial charge in [0.05, 0.1) is 12.7 Å². The molecule has 3 nitrogen and oxygen atoms in total. The van der Waals surface area contributed by atoms with Crippen LogP contribution in [0.4, 0.5) is 0 Å². The second-order valence-corrected chi connectivity index (χ2v) is 3.94. The van der Waals surface area contributed by atoms with E-state index in [2.05, 4.69) is 12.2 Å². The molecule has 1 N–H and O–H groups in total. The summed E-state index contributed by atoms with van der Waals surface area (Å²) in [6.45, 7) is 5.99. The number of ether oxygens (including phenoxy) is 2. The highest BCUT2D eigenvalue weighted by atomic mass is 16.5. The third-order valence-corrected chi connectivity index (χ3v) is 2.81. The fourth-order valence-electron chi connectivity index (χ4n) is 1.99. The molecule has 0 radical (unpaired) electrons. The fraction of sp³-hybridized carbons (Fsp3) is 1.00. The van der Waals surface area contributed by atoms with Gasteiger partial charge in [0.15, 0.2) is 0 Å². The van der Waals surface area contributed by atoms with Crippen molar-refractivity contribution in [3.05, 3.63) is 0 Å². The first-order valence-electron chi connectivity index (χ1n) is 5.69. The summed E-state index contributed by atoms with van der Waals surface area (Å²) in [5.41, 5.74) is 0. The van der Waals surface area contributed by atoms with Gasteiger partial charge >= 0.3 is 0 Å². The molecule has 84 valence electrons. The standard InChI is InChI=1S/C11H23NO2/c1-3-4-11-10(5-7-14-11)9-12-6-8-13-2/h10-12H,3-9H2,1-2H3. The second kappa shape index (κ2) is 7.21. The van der Waals surface area contributed by atoms with Crippen LogP contribution in [0.3, 0.4) is 0 Å². The van der Waals surface area contributed by atoms with Gasteiger partial charge in [-0.3, -0.25) is 0 Å². The zero-order valence-electron chi connectivity index (χ0n) is 9.42. The number of methoxy groups -OCH3 is 1. The van der Waals surface area contributed by atoms with Crippen LogP contribution in [0, 0.1) is 5.92 Å². The van der Waals surface area contributed by atoms with Gasteiger partial charge in [-0.2, -0.15) is 0 Å². The smallest absolute Gasteiger partial charge is 0.0616 e. The third kappa shape index (κ3) is 3.95. The van der Waals surface area contributed by atoms with Gasteiger partial charge in [0, 0.05) is 26.8 Å². The maximum Gasteiger partial charge on any atom is 0.0616 e. The van der Waals surface area contributed by atoms with E-state index < -0.39 is 0 Å². The van der Waals surface area contributed by atoms with Crippen molar-refractivity contribution in [3.8, 4) is 0 Å². The minimum absolute atomic E-state index is 0.495. The lowest BCUT2D eigenvalue weighted by atomic mass is 9.98. The van der Waals surface area contributed by atoms with Gasteiger partial charge in [-0.15, -0.1) is 0 Å². The van der Waals surface area contributed by atoms with Crippen molar-refractivity contribution in [1.29, 1.82) is 0 Å². The van der Waals surface area contributed by atoms with Gasteiger partial charge in [0.25, 0.3) is 0 Å². The molecule has 1 rings (SSSR count). The topological polar surface area (TPSA) is 30.5 Å². The summed E-state index contributed by atoms with van der Waals surface area (Å²) in [6.07, 6.45) is 4.13. The van der Waals surface area contributed by atoms with E-state index in [1.807, 2.05) is 0 Å². The van der Waals surface area contributed by atoms with Crippen molar-refractivity contribution in [2.24, 2.45) is 5.92 Å². The molecule has 0 aromatic carbocycles. The number of hydrogen-bond donors (Lipinski definition) is 1. The molecule has 2 unspecified atom stereocenters. The maximum absolute atomic E-state index is 5.69. The summed E-state index contributed by atoms with van der Waals surface area (Å²) in [4.78, 5) is 0. The Balaban J connectivity index is 2.09. The van der Waals surface area contributed by atoms with E-state index in [4.69, 9.17) is 9.47 Å². The highest BCUT2D eigenvalue weighted by Gasteiger charge is 2.26. The normalized spacial score (nSPS) is 27.0. The number of hydrogen-bond acceptors (Lipinski definition) is 3. The first-order chi connectivity index (χ1) is 6.88. The Labute approximate surface area is 87.2 Å². The van der Waals surface area contributed by atoms with E-state index in [-0.39, 0.29) is 0 Å². The van der Waals surface area contributed by atoms with Crippen molar-refractivity contribution in [2.75, 3.05) is 33.4 Å². The molecule has 1 fully saturated rings. The molecule has 2 atom stereocenters. The zero-order valence-corrected chi connectivity index (χ0v) is 9.42. The van der Waals surface area contributed by atoms with Crippen molar-refractivity contribution >= 4 is 0 Å². The summed E-state index contributed by atoms with van der Waals surface area (Å²) in [7, 11) is 1.74. The predicted octanol–water partition coefficient (Wildman–Crippen LogP) is 1.43. The van der Waals surface area contributed by atoms with Crippen LogP contribution in [0.5, 0.6) is 0 Å². The van der Waals surface area contributed by atoms with Gasteiger partial charge in [-0.25, -0.2) is 0 Å². The third-order valence-electron chi connectivity index (χ3n) is 2.81. The first kappa shape index (κ1) is 12.0. The minimum Gasteiger partial charge on any atom is -0.383 e. The van der Waals surface area contributed by atoms with Crippen LogP contribution in [0.25, 0.3) is 0 Å². The molecular weight excluding hydrogens is 178 g/mol. The Morgan fingerprint density at radius 1 is 1.50 bits per heavy atom. The molecule has 1 aliphatic heterocycles. The van der Waals surface area contributed by atoms with E-state index in [0.29, 0.717) is 12.0 Å². The zero-order chi connectivity index (χ0) is 10.2. The van der Waals surface area contributed by atoms with E-state index in [9.17, 15) is 0 Å². The van der Waals surface area contributed by atoms with Crippen LogP contribution < -0.4 is 5.32 Å². The van der Waals surface area contributed by atoms with Crippen LogP contribution in [0.1, 0.15) is 26.2 Å². The van der Waals surface area contributed by atoms with Gasteiger partial charge in [-0.05, 0) is 18.8 Å². The van der Waals surface area contributed by atoms with Crippen molar-refractivity contribution in [2.45, 2.75) is 32.3 Å². The van der Waals surface area contributed by atoms with Crippen LogP contribution >= 0.6 is 0 Å². The molecule has 0 aliphatic carbocycles. The van der Waals surface area contributed by atoms with Crippen LogP contribution in [0.2, 0.25) is 0 Å². The van der Waals surface area contributed by atoms with Gasteiger partial charge in [0.2, 0.25) is 0 Å². The van der Waals surface area contributed by atoms with Crippen LogP contribution in [0.15, 0.2) is 0 Å². The lowest BCUT2D eigenvalue weighted by Crippen LogP contribution is -2.30. The molecule has 3 heteroatoms. The van der Waals surface area contributed by atoms with Gasteiger partial charge in [0.1, 0.15) is 0 Å². The molecular formula is C11H23NO2. The lowest BCUT2D eigenvalue weighted by Gasteiger charge is -2.18. The predicted molar refractivity (Wildman–Crippen MR) is 57.5 cm³/mol. The molecule has 0 saturated carbocycles.